The van der Waals surface area contributed by atoms with Gasteiger partial charge >= 0.3 is 0 Å². The van der Waals surface area contributed by atoms with Gasteiger partial charge in [0.05, 0.1) is 26.6 Å². The second-order valence-corrected chi connectivity index (χ2v) is 6.65. The SMILES string of the molecule is CCCCC(CCC)Nc1cc2nc(C)sc2cc1N. The van der Waals surface area contributed by atoms with Crippen LogP contribution in [-0.2, 0) is 0 Å². The summed E-state index contributed by atoms with van der Waals surface area (Å²) in [7, 11) is 0. The van der Waals surface area contributed by atoms with Crippen molar-refractivity contribution in [1.82, 2.24) is 4.98 Å². The molecule has 4 heteroatoms. The molecular formula is C16H25N3S. The Hall–Kier alpha value is -1.29. The molecule has 110 valence electrons. The van der Waals surface area contributed by atoms with Crippen LogP contribution in [0.15, 0.2) is 12.1 Å². The Labute approximate surface area is 125 Å². The van der Waals surface area contributed by atoms with E-state index in [0.717, 1.165) is 21.9 Å². The number of aromatic nitrogens is 1. The number of nitrogens with one attached hydrogen (secondary N) is 1. The van der Waals surface area contributed by atoms with Crippen LogP contribution in [0.3, 0.4) is 0 Å². The third-order valence-electron chi connectivity index (χ3n) is 3.57. The second-order valence-electron chi connectivity index (χ2n) is 5.41. The number of fused-ring (bicyclic) bond motifs is 1. The first-order valence-corrected chi connectivity index (χ1v) is 8.38. The number of hydrogen-bond donors (Lipinski definition) is 2. The molecule has 0 amide bonds. The number of hydrogen-bond acceptors (Lipinski definition) is 4. The van der Waals surface area contributed by atoms with Gasteiger partial charge in [-0.2, -0.15) is 0 Å². The zero-order valence-electron chi connectivity index (χ0n) is 12.7. The van der Waals surface area contributed by atoms with Crippen LogP contribution >= 0.6 is 11.3 Å². The highest BCUT2D eigenvalue weighted by Crippen LogP contribution is 2.30. The molecule has 0 saturated carbocycles. The predicted octanol–water partition coefficient (Wildman–Crippen LogP) is 4.96. The molecule has 0 spiro atoms. The van der Waals surface area contributed by atoms with Crippen LogP contribution in [0.2, 0.25) is 0 Å². The van der Waals surface area contributed by atoms with E-state index < -0.39 is 0 Å². The van der Waals surface area contributed by atoms with Crippen LogP contribution in [0.1, 0.15) is 51.0 Å². The molecule has 2 aromatic rings. The van der Waals surface area contributed by atoms with Gasteiger partial charge in [0.25, 0.3) is 0 Å². The summed E-state index contributed by atoms with van der Waals surface area (Å²) in [5.74, 6) is 0. The van der Waals surface area contributed by atoms with E-state index in [9.17, 15) is 0 Å². The highest BCUT2D eigenvalue weighted by atomic mass is 32.1. The number of nitrogens with two attached hydrogens (primary N) is 1. The van der Waals surface area contributed by atoms with E-state index in [-0.39, 0.29) is 0 Å². The minimum Gasteiger partial charge on any atom is -0.397 e. The lowest BCUT2D eigenvalue weighted by Gasteiger charge is -2.20. The summed E-state index contributed by atoms with van der Waals surface area (Å²) in [6.45, 7) is 6.51. The molecule has 1 heterocycles. The van der Waals surface area contributed by atoms with Gasteiger partial charge in [0.1, 0.15) is 0 Å². The van der Waals surface area contributed by atoms with Crippen molar-refractivity contribution in [3.05, 3.63) is 17.1 Å². The van der Waals surface area contributed by atoms with Crippen molar-refractivity contribution in [3.63, 3.8) is 0 Å². The molecule has 1 atom stereocenters. The first-order valence-electron chi connectivity index (χ1n) is 7.57. The van der Waals surface area contributed by atoms with Crippen LogP contribution in [0.25, 0.3) is 10.2 Å². The zero-order valence-corrected chi connectivity index (χ0v) is 13.5. The van der Waals surface area contributed by atoms with E-state index in [1.165, 1.54) is 36.8 Å². The number of benzene rings is 1. The fourth-order valence-electron chi connectivity index (χ4n) is 2.54. The summed E-state index contributed by atoms with van der Waals surface area (Å²) < 4.78 is 1.17. The molecule has 20 heavy (non-hydrogen) atoms. The number of thiazole rings is 1. The molecule has 0 radical (unpaired) electrons. The fraction of sp³-hybridized carbons (Fsp3) is 0.562. The Morgan fingerprint density at radius 3 is 2.75 bits per heavy atom. The van der Waals surface area contributed by atoms with Crippen LogP contribution in [-0.4, -0.2) is 11.0 Å². The largest absolute Gasteiger partial charge is 0.397 e. The van der Waals surface area contributed by atoms with Gasteiger partial charge in [0, 0.05) is 6.04 Å². The van der Waals surface area contributed by atoms with Gasteiger partial charge in [-0.05, 0) is 31.9 Å². The topological polar surface area (TPSA) is 50.9 Å². The molecule has 3 N–H and O–H groups in total. The maximum absolute atomic E-state index is 6.19. The zero-order chi connectivity index (χ0) is 14.5. The molecule has 0 aliphatic carbocycles. The standard InChI is InChI=1S/C16H25N3S/c1-4-6-8-12(7-5-2)19-14-10-15-16(9-13(14)17)20-11(3)18-15/h9-10,12,19H,4-8,17H2,1-3H3. The Balaban J connectivity index is 2.19. The molecule has 1 aromatic heterocycles. The minimum absolute atomic E-state index is 0.513. The molecule has 1 unspecified atom stereocenters. The van der Waals surface area contributed by atoms with E-state index in [1.807, 2.05) is 13.0 Å². The Kier molecular flexibility index (Phi) is 5.24. The molecule has 0 saturated heterocycles. The number of unbranched alkanes of at least 4 members (excludes halogenated alkanes) is 1. The summed E-state index contributed by atoms with van der Waals surface area (Å²) in [6, 6.07) is 4.66. The lowest BCUT2D eigenvalue weighted by Crippen LogP contribution is -2.19. The normalized spacial score (nSPS) is 12.8. The molecular weight excluding hydrogens is 266 g/mol. The van der Waals surface area contributed by atoms with Crippen LogP contribution in [0, 0.1) is 6.92 Å². The van der Waals surface area contributed by atoms with Crippen molar-refractivity contribution >= 4 is 32.9 Å². The van der Waals surface area contributed by atoms with Gasteiger partial charge in [-0.3, -0.25) is 0 Å². The number of anilines is 2. The van der Waals surface area contributed by atoms with E-state index in [2.05, 4.69) is 30.2 Å². The molecule has 0 fully saturated rings. The number of aryl methyl sites for hydroxylation is 1. The summed E-state index contributed by atoms with van der Waals surface area (Å²) in [4.78, 5) is 4.55. The van der Waals surface area contributed by atoms with Crippen molar-refractivity contribution in [2.75, 3.05) is 11.1 Å². The van der Waals surface area contributed by atoms with Gasteiger partial charge < -0.3 is 11.1 Å². The van der Waals surface area contributed by atoms with E-state index in [1.54, 1.807) is 11.3 Å². The minimum atomic E-state index is 0.513. The molecule has 0 bridgehead atoms. The van der Waals surface area contributed by atoms with E-state index >= 15 is 0 Å². The third-order valence-corrected chi connectivity index (χ3v) is 4.50. The third kappa shape index (κ3) is 3.63. The van der Waals surface area contributed by atoms with Crippen molar-refractivity contribution in [2.45, 2.75) is 58.9 Å². The highest BCUT2D eigenvalue weighted by molar-refractivity contribution is 7.18. The molecule has 3 nitrogen and oxygen atoms in total. The fourth-order valence-corrected chi connectivity index (χ4v) is 3.39. The lowest BCUT2D eigenvalue weighted by molar-refractivity contribution is 0.565. The van der Waals surface area contributed by atoms with Crippen LogP contribution in [0.5, 0.6) is 0 Å². The van der Waals surface area contributed by atoms with Gasteiger partial charge in [-0.1, -0.05) is 33.1 Å². The van der Waals surface area contributed by atoms with Crippen molar-refractivity contribution in [2.24, 2.45) is 0 Å². The van der Waals surface area contributed by atoms with E-state index in [0.29, 0.717) is 6.04 Å². The average Bonchev–Trinajstić information content (AvgIpc) is 2.75. The van der Waals surface area contributed by atoms with Gasteiger partial charge in [-0.15, -0.1) is 11.3 Å². The summed E-state index contributed by atoms with van der Waals surface area (Å²) in [6.07, 6.45) is 6.09. The summed E-state index contributed by atoms with van der Waals surface area (Å²) in [5, 5.41) is 4.71. The van der Waals surface area contributed by atoms with Crippen molar-refractivity contribution in [1.29, 1.82) is 0 Å². The van der Waals surface area contributed by atoms with Crippen molar-refractivity contribution < 1.29 is 0 Å². The monoisotopic (exact) mass is 291 g/mol. The van der Waals surface area contributed by atoms with Gasteiger partial charge in [0.15, 0.2) is 0 Å². The number of rotatable bonds is 7. The Morgan fingerprint density at radius 2 is 2.05 bits per heavy atom. The quantitative estimate of drug-likeness (QED) is 0.709. The first-order chi connectivity index (χ1) is 9.63. The maximum Gasteiger partial charge on any atom is 0.0907 e. The summed E-state index contributed by atoms with van der Waals surface area (Å²) in [5.41, 5.74) is 9.11. The summed E-state index contributed by atoms with van der Waals surface area (Å²) >= 11 is 1.70. The number of nitrogens with zero attached hydrogens (tertiary/aromatic N) is 1. The van der Waals surface area contributed by atoms with Gasteiger partial charge in [-0.25, -0.2) is 4.98 Å². The maximum atomic E-state index is 6.19. The number of nitrogen functional groups attached to an aromatic ring is 1. The lowest BCUT2D eigenvalue weighted by atomic mass is 10.0. The average molecular weight is 291 g/mol. The highest BCUT2D eigenvalue weighted by Gasteiger charge is 2.11. The molecule has 2 rings (SSSR count). The van der Waals surface area contributed by atoms with E-state index in [4.69, 9.17) is 5.73 Å². The second kappa shape index (κ2) is 6.93. The Morgan fingerprint density at radius 1 is 1.25 bits per heavy atom. The predicted molar refractivity (Wildman–Crippen MR) is 90.6 cm³/mol. The van der Waals surface area contributed by atoms with Crippen molar-refractivity contribution in [3.8, 4) is 0 Å². The molecule has 0 aliphatic rings. The van der Waals surface area contributed by atoms with Gasteiger partial charge in [0.2, 0.25) is 0 Å². The first kappa shape index (κ1) is 15.1. The Bertz CT molecular complexity index is 562. The molecule has 0 aliphatic heterocycles. The van der Waals surface area contributed by atoms with Crippen LogP contribution < -0.4 is 11.1 Å². The molecule has 1 aromatic carbocycles. The smallest absolute Gasteiger partial charge is 0.0907 e. The van der Waals surface area contributed by atoms with Crippen LogP contribution in [0.4, 0.5) is 11.4 Å².